The molecule has 28 heavy (non-hydrogen) atoms. The second kappa shape index (κ2) is 10.5. The molecule has 0 heterocycles. The van der Waals surface area contributed by atoms with Gasteiger partial charge in [-0.25, -0.2) is 0 Å². The first-order valence-corrected chi connectivity index (χ1v) is 8.65. The van der Waals surface area contributed by atoms with Crippen LogP contribution in [0.4, 0.5) is 13.2 Å². The Balaban J connectivity index is 0.000000280. The molecule has 152 valence electrons. The lowest BCUT2D eigenvalue weighted by molar-refractivity contribution is -0.140. The van der Waals surface area contributed by atoms with Crippen LogP contribution in [0.1, 0.15) is 40.7 Å². The lowest BCUT2D eigenvalue weighted by atomic mass is 10.0. The first kappa shape index (κ1) is 23.2. The molecule has 2 aromatic rings. The van der Waals surface area contributed by atoms with Gasteiger partial charge in [-0.05, 0) is 55.0 Å². The number of hydrogen-bond acceptors (Lipinski definition) is 2. The highest BCUT2D eigenvalue weighted by atomic mass is 19.4. The lowest BCUT2D eigenvalue weighted by Gasteiger charge is -2.10. The van der Waals surface area contributed by atoms with Crippen LogP contribution in [0.15, 0.2) is 42.5 Å². The summed E-state index contributed by atoms with van der Waals surface area (Å²) in [5.74, 6) is -1.99. The van der Waals surface area contributed by atoms with Gasteiger partial charge in [0.05, 0.1) is 12.0 Å². The molecule has 0 spiro atoms. The zero-order chi connectivity index (χ0) is 21.3. The van der Waals surface area contributed by atoms with Gasteiger partial charge in [-0.15, -0.1) is 0 Å². The fraction of sp³-hybridized carbons (Fsp3) is 0.333. The third-order valence-corrected chi connectivity index (χ3v) is 4.09. The van der Waals surface area contributed by atoms with Crippen molar-refractivity contribution >= 4 is 11.9 Å². The highest BCUT2D eigenvalue weighted by Gasteiger charge is 2.33. The summed E-state index contributed by atoms with van der Waals surface area (Å²) in [6, 6.07) is 10.9. The molecule has 0 radical (unpaired) electrons. The van der Waals surface area contributed by atoms with Gasteiger partial charge in [0, 0.05) is 6.42 Å². The summed E-state index contributed by atoms with van der Waals surface area (Å²) < 4.78 is 36.9. The number of aryl methyl sites for hydroxylation is 3. The molecule has 0 aromatic heterocycles. The number of rotatable bonds is 6. The largest absolute Gasteiger partial charge is 0.481 e. The Hall–Kier alpha value is -2.83. The first-order valence-electron chi connectivity index (χ1n) is 8.65. The number of carbonyl (C=O) groups is 2. The normalized spacial score (nSPS) is 10.8. The van der Waals surface area contributed by atoms with Gasteiger partial charge >= 0.3 is 18.1 Å². The van der Waals surface area contributed by atoms with Crippen LogP contribution < -0.4 is 0 Å². The van der Waals surface area contributed by atoms with Crippen molar-refractivity contribution in [3.8, 4) is 0 Å². The van der Waals surface area contributed by atoms with Crippen molar-refractivity contribution in [2.75, 3.05) is 0 Å². The molecule has 0 saturated carbocycles. The molecular weight excluding hydrogens is 373 g/mol. The highest BCUT2D eigenvalue weighted by molar-refractivity contribution is 5.70. The molecule has 2 aromatic carbocycles. The van der Waals surface area contributed by atoms with Gasteiger partial charge in [-0.1, -0.05) is 36.4 Å². The van der Waals surface area contributed by atoms with Crippen LogP contribution >= 0.6 is 0 Å². The number of carboxylic acids is 2. The maximum Gasteiger partial charge on any atom is 0.416 e. The molecule has 0 fully saturated rings. The molecule has 0 amide bonds. The molecule has 0 bridgehead atoms. The molecule has 0 unspecified atom stereocenters. The quantitative estimate of drug-likeness (QED) is 0.717. The van der Waals surface area contributed by atoms with Crippen LogP contribution in [-0.4, -0.2) is 22.2 Å². The van der Waals surface area contributed by atoms with Crippen LogP contribution in [0.2, 0.25) is 0 Å². The third-order valence-electron chi connectivity index (χ3n) is 4.09. The summed E-state index contributed by atoms with van der Waals surface area (Å²) in [4.78, 5) is 20.6. The smallest absolute Gasteiger partial charge is 0.416 e. The summed E-state index contributed by atoms with van der Waals surface area (Å²) >= 11 is 0. The number of halogens is 3. The van der Waals surface area contributed by atoms with Gasteiger partial charge in [0.25, 0.3) is 0 Å². The number of aliphatic carboxylic acids is 2. The van der Waals surface area contributed by atoms with E-state index in [2.05, 4.69) is 32.0 Å². The van der Waals surface area contributed by atoms with Crippen molar-refractivity contribution in [1.29, 1.82) is 0 Å². The second-order valence-corrected chi connectivity index (χ2v) is 6.39. The summed E-state index contributed by atoms with van der Waals surface area (Å²) in [6.45, 7) is 4.16. The van der Waals surface area contributed by atoms with Crippen LogP contribution in [0.3, 0.4) is 0 Å². The zero-order valence-corrected chi connectivity index (χ0v) is 15.7. The minimum absolute atomic E-state index is 0.215. The Morgan fingerprint density at radius 3 is 2.11 bits per heavy atom. The summed E-state index contributed by atoms with van der Waals surface area (Å²) in [5.41, 5.74) is 2.69. The highest BCUT2D eigenvalue weighted by Crippen LogP contribution is 2.31. The van der Waals surface area contributed by atoms with Crippen molar-refractivity contribution in [3.63, 3.8) is 0 Å². The van der Waals surface area contributed by atoms with Crippen molar-refractivity contribution in [2.45, 2.75) is 45.7 Å². The molecular formula is C21H23F3O4. The SMILES string of the molecule is Cc1ccc(CCCC(=O)O)cc1C.O=C(O)Cc1ccccc1C(F)(F)F. The predicted octanol–water partition coefficient (Wildman–Crippen LogP) is 5.04. The van der Waals surface area contributed by atoms with E-state index in [4.69, 9.17) is 10.2 Å². The first-order chi connectivity index (χ1) is 13.0. The zero-order valence-electron chi connectivity index (χ0n) is 15.7. The fourth-order valence-electron chi connectivity index (χ4n) is 2.52. The fourth-order valence-corrected chi connectivity index (χ4v) is 2.52. The van der Waals surface area contributed by atoms with E-state index < -0.39 is 30.1 Å². The van der Waals surface area contributed by atoms with Gasteiger partial charge in [0.15, 0.2) is 0 Å². The van der Waals surface area contributed by atoms with E-state index in [1.165, 1.54) is 28.8 Å². The van der Waals surface area contributed by atoms with E-state index in [1.54, 1.807) is 0 Å². The summed E-state index contributed by atoms with van der Waals surface area (Å²) in [7, 11) is 0. The molecule has 2 N–H and O–H groups in total. The van der Waals surface area contributed by atoms with Gasteiger partial charge in [-0.2, -0.15) is 13.2 Å². The van der Waals surface area contributed by atoms with Crippen molar-refractivity contribution in [3.05, 3.63) is 70.3 Å². The molecule has 4 nitrogen and oxygen atoms in total. The van der Waals surface area contributed by atoms with E-state index >= 15 is 0 Å². The monoisotopic (exact) mass is 396 g/mol. The Labute approximate surface area is 161 Å². The summed E-state index contributed by atoms with van der Waals surface area (Å²) in [6.07, 6.45) is -3.28. The van der Waals surface area contributed by atoms with Gasteiger partial charge in [0.2, 0.25) is 0 Å². The minimum atomic E-state index is -4.49. The van der Waals surface area contributed by atoms with Crippen LogP contribution in [0.25, 0.3) is 0 Å². The average molecular weight is 396 g/mol. The maximum absolute atomic E-state index is 12.3. The number of benzene rings is 2. The van der Waals surface area contributed by atoms with Crippen LogP contribution in [0, 0.1) is 13.8 Å². The third kappa shape index (κ3) is 8.24. The van der Waals surface area contributed by atoms with Gasteiger partial charge in [0.1, 0.15) is 0 Å². The Morgan fingerprint density at radius 1 is 0.929 bits per heavy atom. The van der Waals surface area contributed by atoms with E-state index in [9.17, 15) is 22.8 Å². The maximum atomic E-state index is 12.3. The number of hydrogen-bond donors (Lipinski definition) is 2. The Morgan fingerprint density at radius 2 is 1.57 bits per heavy atom. The molecule has 7 heteroatoms. The van der Waals surface area contributed by atoms with Gasteiger partial charge < -0.3 is 10.2 Å². The second-order valence-electron chi connectivity index (χ2n) is 6.39. The molecule has 0 saturated heterocycles. The van der Waals surface area contributed by atoms with E-state index in [0.29, 0.717) is 0 Å². The topological polar surface area (TPSA) is 74.6 Å². The molecule has 2 rings (SSSR count). The van der Waals surface area contributed by atoms with E-state index in [-0.39, 0.29) is 12.0 Å². The Kier molecular flexibility index (Phi) is 8.70. The molecule has 0 aliphatic heterocycles. The van der Waals surface area contributed by atoms with Crippen molar-refractivity contribution in [1.82, 2.24) is 0 Å². The number of alkyl halides is 3. The standard InChI is InChI=1S/C12H16O2.C9H7F3O2/c1-9-6-7-11(8-10(9)2)4-3-5-12(13)14;10-9(11,12)7-4-2-1-3-6(7)5-8(13)14/h6-8H,3-5H2,1-2H3,(H,13,14);1-4H,5H2,(H,13,14). The molecule has 0 aliphatic carbocycles. The summed E-state index contributed by atoms with van der Waals surface area (Å²) in [5, 5.41) is 16.9. The molecule has 0 aliphatic rings. The molecule has 0 atom stereocenters. The Bertz CT molecular complexity index is 814. The minimum Gasteiger partial charge on any atom is -0.481 e. The van der Waals surface area contributed by atoms with Crippen LogP contribution in [0.5, 0.6) is 0 Å². The average Bonchev–Trinajstić information content (AvgIpc) is 2.57. The predicted molar refractivity (Wildman–Crippen MR) is 99.3 cm³/mol. The van der Waals surface area contributed by atoms with Crippen molar-refractivity contribution in [2.24, 2.45) is 0 Å². The van der Waals surface area contributed by atoms with Crippen LogP contribution in [-0.2, 0) is 28.6 Å². The van der Waals surface area contributed by atoms with Gasteiger partial charge in [-0.3, -0.25) is 9.59 Å². The van der Waals surface area contributed by atoms with Crippen molar-refractivity contribution < 1.29 is 33.0 Å². The number of carboxylic acid groups (broad SMARTS) is 2. The van der Waals surface area contributed by atoms with E-state index in [0.717, 1.165) is 25.0 Å². The lowest BCUT2D eigenvalue weighted by Crippen LogP contribution is -2.11. The van der Waals surface area contributed by atoms with E-state index in [1.807, 2.05) is 0 Å².